The van der Waals surface area contributed by atoms with Crippen molar-refractivity contribution in [2.24, 2.45) is 4.99 Å². The van der Waals surface area contributed by atoms with Crippen LogP contribution >= 0.6 is 50.3 Å². The zero-order valence-electron chi connectivity index (χ0n) is 11.6. The quantitative estimate of drug-likeness (QED) is 0.524. The van der Waals surface area contributed by atoms with E-state index in [0.717, 1.165) is 14.3 Å². The first-order valence-electron chi connectivity index (χ1n) is 6.41. The summed E-state index contributed by atoms with van der Waals surface area (Å²) in [7, 11) is 0. The second kappa shape index (κ2) is 7.15. The van der Waals surface area contributed by atoms with Gasteiger partial charge in [-0.3, -0.25) is 14.7 Å². The highest BCUT2D eigenvalue weighted by Crippen LogP contribution is 2.35. The molecule has 0 aliphatic carbocycles. The zero-order valence-corrected chi connectivity index (χ0v) is 16.1. The lowest BCUT2D eigenvalue weighted by Crippen LogP contribution is -2.28. The van der Waals surface area contributed by atoms with Crippen molar-refractivity contribution in [1.82, 2.24) is 4.90 Å². The summed E-state index contributed by atoms with van der Waals surface area (Å²) in [6.45, 7) is 5.15. The molecule has 7 heteroatoms. The standard InChI is InChI=1S/C14H14BrIN2O2S/c1-3-17-14-18(4-2)13(20)11(21-14)7-8-5-9(15)12(19)10(16)6-8/h5-7,19H,3-4H2,1-2H3/b11-7+,17-14?. The second-order valence-electron chi connectivity index (χ2n) is 4.25. The molecule has 1 aromatic carbocycles. The Hall–Kier alpha value is -0.540. The number of rotatable bonds is 3. The Bertz CT molecular complexity index is 623. The van der Waals surface area contributed by atoms with Gasteiger partial charge in [-0.05, 0) is 87.9 Å². The minimum atomic E-state index is -0.0195. The fourth-order valence-corrected chi connectivity index (χ4v) is 4.46. The van der Waals surface area contributed by atoms with E-state index < -0.39 is 0 Å². The summed E-state index contributed by atoms with van der Waals surface area (Å²) in [6, 6.07) is 3.64. The highest BCUT2D eigenvalue weighted by atomic mass is 127. The summed E-state index contributed by atoms with van der Waals surface area (Å²) in [4.78, 5) is 19.0. The molecular formula is C14H14BrIN2O2S. The van der Waals surface area contributed by atoms with E-state index in [1.807, 2.05) is 26.0 Å². The molecule has 21 heavy (non-hydrogen) atoms. The first kappa shape index (κ1) is 16.8. The molecule has 1 fully saturated rings. The molecule has 0 aromatic heterocycles. The molecule has 0 bridgehead atoms. The van der Waals surface area contributed by atoms with Gasteiger partial charge in [0.1, 0.15) is 5.75 Å². The SMILES string of the molecule is CCN=C1S/C(=C/c2cc(Br)c(O)c(I)c2)C(=O)N1CC. The molecule has 1 aliphatic heterocycles. The summed E-state index contributed by atoms with van der Waals surface area (Å²) in [5.41, 5.74) is 0.869. The van der Waals surface area contributed by atoms with E-state index >= 15 is 0 Å². The summed E-state index contributed by atoms with van der Waals surface area (Å²) < 4.78 is 1.35. The van der Waals surface area contributed by atoms with E-state index in [4.69, 9.17) is 0 Å². The van der Waals surface area contributed by atoms with E-state index in [-0.39, 0.29) is 11.7 Å². The van der Waals surface area contributed by atoms with Gasteiger partial charge in [0.2, 0.25) is 0 Å². The normalized spacial score (nSPS) is 19.0. The van der Waals surface area contributed by atoms with E-state index in [9.17, 15) is 9.90 Å². The number of nitrogens with zero attached hydrogens (tertiary/aromatic N) is 2. The molecule has 112 valence electrons. The van der Waals surface area contributed by atoms with Crippen molar-refractivity contribution in [3.05, 3.63) is 30.6 Å². The lowest BCUT2D eigenvalue weighted by Gasteiger charge is -2.11. The molecule has 1 aliphatic rings. The first-order chi connectivity index (χ1) is 9.97. The number of likely N-dealkylation sites (N-methyl/N-ethyl adjacent to an activating group) is 1. The number of phenolic OH excluding ortho intramolecular Hbond substituents is 1. The van der Waals surface area contributed by atoms with Crippen LogP contribution in [0.25, 0.3) is 6.08 Å². The van der Waals surface area contributed by atoms with Gasteiger partial charge in [0.05, 0.1) is 12.9 Å². The molecule has 4 nitrogen and oxygen atoms in total. The monoisotopic (exact) mass is 480 g/mol. The summed E-state index contributed by atoms with van der Waals surface area (Å²) in [5, 5.41) is 10.5. The van der Waals surface area contributed by atoms with Crippen LogP contribution in [0.3, 0.4) is 0 Å². The molecule has 1 saturated heterocycles. The van der Waals surface area contributed by atoms with Crippen molar-refractivity contribution < 1.29 is 9.90 Å². The van der Waals surface area contributed by atoms with Crippen LogP contribution in [0.5, 0.6) is 5.75 Å². The van der Waals surface area contributed by atoms with Gasteiger partial charge in [-0.1, -0.05) is 0 Å². The predicted octanol–water partition coefficient (Wildman–Crippen LogP) is 4.07. The summed E-state index contributed by atoms with van der Waals surface area (Å²) >= 11 is 6.77. The van der Waals surface area contributed by atoms with Crippen molar-refractivity contribution in [2.45, 2.75) is 13.8 Å². The predicted molar refractivity (Wildman–Crippen MR) is 99.5 cm³/mol. The van der Waals surface area contributed by atoms with Crippen LogP contribution in [0.4, 0.5) is 0 Å². The number of hydrogen-bond acceptors (Lipinski definition) is 4. The largest absolute Gasteiger partial charge is 0.506 e. The van der Waals surface area contributed by atoms with Crippen molar-refractivity contribution in [3.8, 4) is 5.75 Å². The van der Waals surface area contributed by atoms with Crippen LogP contribution in [-0.2, 0) is 4.79 Å². The van der Waals surface area contributed by atoms with E-state index in [1.165, 1.54) is 11.8 Å². The van der Waals surface area contributed by atoms with E-state index in [1.54, 1.807) is 11.0 Å². The molecule has 0 saturated carbocycles. The summed E-state index contributed by atoms with van der Waals surface area (Å²) in [6.07, 6.45) is 1.83. The Morgan fingerprint density at radius 3 is 2.76 bits per heavy atom. The molecule has 1 heterocycles. The number of carbonyl (C=O) groups is 1. The third kappa shape index (κ3) is 3.62. The Balaban J connectivity index is 2.38. The average Bonchev–Trinajstić information content (AvgIpc) is 2.72. The molecule has 2 rings (SSSR count). The number of amidine groups is 1. The second-order valence-corrected chi connectivity index (χ2v) is 7.28. The number of phenols is 1. The van der Waals surface area contributed by atoms with Gasteiger partial charge in [0.25, 0.3) is 5.91 Å². The number of benzene rings is 1. The number of thioether (sulfide) groups is 1. The zero-order chi connectivity index (χ0) is 15.6. The van der Waals surface area contributed by atoms with Crippen molar-refractivity contribution in [1.29, 1.82) is 0 Å². The fourth-order valence-electron chi connectivity index (χ4n) is 1.86. The fraction of sp³-hybridized carbons (Fsp3) is 0.286. The molecule has 0 unspecified atom stereocenters. The molecule has 1 N–H and O–H groups in total. The first-order valence-corrected chi connectivity index (χ1v) is 9.10. The smallest absolute Gasteiger partial charge is 0.266 e. The van der Waals surface area contributed by atoms with Crippen molar-refractivity contribution >= 4 is 67.4 Å². The van der Waals surface area contributed by atoms with Gasteiger partial charge in [0.15, 0.2) is 5.17 Å². The van der Waals surface area contributed by atoms with Gasteiger partial charge < -0.3 is 5.11 Å². The Morgan fingerprint density at radius 1 is 1.48 bits per heavy atom. The maximum Gasteiger partial charge on any atom is 0.266 e. The molecule has 0 spiro atoms. The van der Waals surface area contributed by atoms with Gasteiger partial charge >= 0.3 is 0 Å². The lowest BCUT2D eigenvalue weighted by atomic mass is 10.2. The van der Waals surface area contributed by atoms with E-state index in [2.05, 4.69) is 43.5 Å². The number of aliphatic imine (C=N–C) groups is 1. The molecule has 0 atom stereocenters. The van der Waals surface area contributed by atoms with Crippen LogP contribution in [0.2, 0.25) is 0 Å². The topological polar surface area (TPSA) is 52.9 Å². The maximum absolute atomic E-state index is 12.4. The number of aromatic hydroxyl groups is 1. The Morgan fingerprint density at radius 2 is 2.19 bits per heavy atom. The third-order valence-electron chi connectivity index (χ3n) is 2.83. The lowest BCUT2D eigenvalue weighted by molar-refractivity contribution is -0.122. The van der Waals surface area contributed by atoms with Crippen LogP contribution in [-0.4, -0.2) is 34.2 Å². The van der Waals surface area contributed by atoms with Crippen molar-refractivity contribution in [2.75, 3.05) is 13.1 Å². The number of amides is 1. The van der Waals surface area contributed by atoms with Gasteiger partial charge in [0, 0.05) is 13.1 Å². The Labute approximate surface area is 150 Å². The highest BCUT2D eigenvalue weighted by Gasteiger charge is 2.31. The van der Waals surface area contributed by atoms with Crippen LogP contribution in [0.15, 0.2) is 26.5 Å². The summed E-state index contributed by atoms with van der Waals surface area (Å²) in [5.74, 6) is 0.195. The Kier molecular flexibility index (Phi) is 5.73. The third-order valence-corrected chi connectivity index (χ3v) is 5.31. The number of carbonyl (C=O) groups excluding carboxylic acids is 1. The molecule has 1 amide bonds. The molecule has 0 radical (unpaired) electrons. The number of hydrogen-bond donors (Lipinski definition) is 1. The van der Waals surface area contributed by atoms with Gasteiger partial charge in [-0.25, -0.2) is 0 Å². The molecule has 1 aromatic rings. The van der Waals surface area contributed by atoms with Gasteiger partial charge in [-0.15, -0.1) is 0 Å². The van der Waals surface area contributed by atoms with E-state index in [0.29, 0.717) is 22.5 Å². The maximum atomic E-state index is 12.4. The van der Waals surface area contributed by atoms with Crippen molar-refractivity contribution in [3.63, 3.8) is 0 Å². The number of halogens is 2. The average molecular weight is 481 g/mol. The van der Waals surface area contributed by atoms with Crippen LogP contribution < -0.4 is 0 Å². The highest BCUT2D eigenvalue weighted by molar-refractivity contribution is 14.1. The van der Waals surface area contributed by atoms with Gasteiger partial charge in [-0.2, -0.15) is 0 Å². The minimum Gasteiger partial charge on any atom is -0.506 e. The minimum absolute atomic E-state index is 0.0195. The molecular weight excluding hydrogens is 467 g/mol. The van der Waals surface area contributed by atoms with Crippen LogP contribution in [0.1, 0.15) is 19.4 Å². The van der Waals surface area contributed by atoms with Crippen LogP contribution in [0, 0.1) is 3.57 Å².